The fourth-order valence-corrected chi connectivity index (χ4v) is 5.44. The minimum atomic E-state index is -0.324. The Labute approximate surface area is 202 Å². The van der Waals surface area contributed by atoms with Crippen LogP contribution in [0.25, 0.3) is 17.0 Å². The molecule has 7 nitrogen and oxygen atoms in total. The molecule has 34 heavy (non-hydrogen) atoms. The summed E-state index contributed by atoms with van der Waals surface area (Å²) >= 11 is 1.25. The molecule has 0 fully saturated rings. The van der Waals surface area contributed by atoms with E-state index in [0.717, 1.165) is 35.3 Å². The Morgan fingerprint density at radius 2 is 1.85 bits per heavy atom. The zero-order valence-corrected chi connectivity index (χ0v) is 20.4. The predicted octanol–water partition coefficient (Wildman–Crippen LogP) is 4.53. The Hall–Kier alpha value is -3.39. The molecule has 1 N–H and O–H groups in total. The van der Waals surface area contributed by atoms with Crippen LogP contribution < -0.4 is 10.9 Å². The zero-order chi connectivity index (χ0) is 23.9. The summed E-state index contributed by atoms with van der Waals surface area (Å²) in [6, 6.07) is 17.5. The van der Waals surface area contributed by atoms with E-state index in [1.165, 1.54) is 17.3 Å². The molecule has 0 saturated heterocycles. The lowest BCUT2D eigenvalue weighted by Gasteiger charge is -2.35. The van der Waals surface area contributed by atoms with E-state index in [9.17, 15) is 9.59 Å². The second-order valence-electron chi connectivity index (χ2n) is 8.83. The monoisotopic (exact) mass is 473 g/mol. The first-order valence-corrected chi connectivity index (χ1v) is 12.5. The number of aromatic nitrogens is 4. The van der Waals surface area contributed by atoms with E-state index >= 15 is 0 Å². The summed E-state index contributed by atoms with van der Waals surface area (Å²) in [4.78, 5) is 31.5. The van der Waals surface area contributed by atoms with Gasteiger partial charge in [-0.1, -0.05) is 68.1 Å². The van der Waals surface area contributed by atoms with Crippen LogP contribution in [-0.2, 0) is 23.2 Å². The summed E-state index contributed by atoms with van der Waals surface area (Å²) in [6.45, 7) is 6.80. The molecule has 1 aliphatic rings. The van der Waals surface area contributed by atoms with Crippen molar-refractivity contribution in [1.82, 2.24) is 19.2 Å². The van der Waals surface area contributed by atoms with Crippen molar-refractivity contribution in [3.63, 3.8) is 0 Å². The van der Waals surface area contributed by atoms with Crippen molar-refractivity contribution in [2.24, 2.45) is 0 Å². The SMILES string of the molecule is CCn1nc(SCC(=O)Nc2ccccc2)n2c(=O)c3c(nc12)-c1ccccc1CC3(C)CC. The van der Waals surface area contributed by atoms with E-state index in [4.69, 9.17) is 4.98 Å². The van der Waals surface area contributed by atoms with Crippen molar-refractivity contribution in [1.29, 1.82) is 0 Å². The van der Waals surface area contributed by atoms with Gasteiger partial charge in [-0.25, -0.2) is 14.1 Å². The fraction of sp³-hybridized carbons (Fsp3) is 0.308. The van der Waals surface area contributed by atoms with Gasteiger partial charge in [-0.3, -0.25) is 9.59 Å². The molecule has 1 amide bonds. The summed E-state index contributed by atoms with van der Waals surface area (Å²) in [6.07, 6.45) is 1.61. The van der Waals surface area contributed by atoms with Crippen molar-refractivity contribution >= 4 is 29.1 Å². The number of carbonyl (C=O) groups is 1. The quantitative estimate of drug-likeness (QED) is 0.416. The zero-order valence-electron chi connectivity index (χ0n) is 19.5. The first kappa shape index (κ1) is 22.4. The number of para-hydroxylation sites is 1. The number of hydrogen-bond acceptors (Lipinski definition) is 5. The summed E-state index contributed by atoms with van der Waals surface area (Å²) < 4.78 is 3.32. The van der Waals surface area contributed by atoms with E-state index in [0.29, 0.717) is 17.5 Å². The normalized spacial score (nSPS) is 16.8. The molecule has 1 unspecified atom stereocenters. The van der Waals surface area contributed by atoms with E-state index in [2.05, 4.69) is 30.3 Å². The van der Waals surface area contributed by atoms with Gasteiger partial charge in [-0.15, -0.1) is 5.10 Å². The van der Waals surface area contributed by atoms with Crippen LogP contribution in [0.4, 0.5) is 5.69 Å². The number of nitrogens with zero attached hydrogens (tertiary/aromatic N) is 4. The third kappa shape index (κ3) is 3.72. The van der Waals surface area contributed by atoms with Gasteiger partial charge < -0.3 is 5.32 Å². The average molecular weight is 474 g/mol. The van der Waals surface area contributed by atoms with Gasteiger partial charge in [0, 0.05) is 23.2 Å². The molecule has 2 aromatic heterocycles. The van der Waals surface area contributed by atoms with Gasteiger partial charge in [-0.05, 0) is 37.5 Å². The average Bonchev–Trinajstić information content (AvgIpc) is 3.21. The maximum Gasteiger partial charge on any atom is 0.265 e. The van der Waals surface area contributed by atoms with Crippen molar-refractivity contribution in [2.75, 3.05) is 11.1 Å². The van der Waals surface area contributed by atoms with Crippen molar-refractivity contribution < 1.29 is 4.79 Å². The molecule has 1 aliphatic carbocycles. The molecule has 0 spiro atoms. The van der Waals surface area contributed by atoms with Gasteiger partial charge in [0.15, 0.2) is 5.16 Å². The Morgan fingerprint density at radius 1 is 1.12 bits per heavy atom. The number of aryl methyl sites for hydroxylation is 1. The minimum absolute atomic E-state index is 0.0930. The highest BCUT2D eigenvalue weighted by atomic mass is 32.2. The molecule has 1 atom stereocenters. The van der Waals surface area contributed by atoms with E-state index in [1.54, 1.807) is 9.08 Å². The maximum absolute atomic E-state index is 14.0. The van der Waals surface area contributed by atoms with Gasteiger partial charge >= 0.3 is 0 Å². The molecule has 4 aromatic rings. The number of nitrogens with one attached hydrogen (secondary N) is 1. The van der Waals surface area contributed by atoms with Crippen LogP contribution in [0.3, 0.4) is 0 Å². The predicted molar refractivity (Wildman–Crippen MR) is 135 cm³/mol. The molecule has 0 aliphatic heterocycles. The molecule has 8 heteroatoms. The highest BCUT2D eigenvalue weighted by molar-refractivity contribution is 7.99. The summed E-state index contributed by atoms with van der Waals surface area (Å²) in [5.74, 6) is 0.497. The maximum atomic E-state index is 14.0. The molecular formula is C26H27N5O2S. The topological polar surface area (TPSA) is 81.3 Å². The Balaban J connectivity index is 1.59. The van der Waals surface area contributed by atoms with E-state index in [1.807, 2.05) is 55.5 Å². The number of anilines is 1. The van der Waals surface area contributed by atoms with E-state index < -0.39 is 0 Å². The van der Waals surface area contributed by atoms with Crippen LogP contribution in [-0.4, -0.2) is 30.8 Å². The van der Waals surface area contributed by atoms with Gasteiger partial charge in [0.2, 0.25) is 11.7 Å². The first-order valence-electron chi connectivity index (χ1n) is 11.5. The Bertz CT molecular complexity index is 1440. The molecule has 0 radical (unpaired) electrons. The molecular weight excluding hydrogens is 446 g/mol. The second kappa shape index (κ2) is 8.76. The molecule has 0 bridgehead atoms. The minimum Gasteiger partial charge on any atom is -0.325 e. The van der Waals surface area contributed by atoms with Crippen LogP contribution >= 0.6 is 11.8 Å². The van der Waals surface area contributed by atoms with Crippen molar-refractivity contribution in [2.45, 2.75) is 50.7 Å². The summed E-state index contributed by atoms with van der Waals surface area (Å²) in [5.41, 5.74) is 4.04. The summed E-state index contributed by atoms with van der Waals surface area (Å²) in [7, 11) is 0. The number of carbonyl (C=O) groups excluding carboxylic acids is 1. The van der Waals surface area contributed by atoms with E-state index in [-0.39, 0.29) is 22.6 Å². The van der Waals surface area contributed by atoms with Gasteiger partial charge in [0.1, 0.15) is 0 Å². The number of hydrogen-bond donors (Lipinski definition) is 1. The van der Waals surface area contributed by atoms with Crippen molar-refractivity contribution in [3.8, 4) is 11.3 Å². The molecule has 0 saturated carbocycles. The third-order valence-electron chi connectivity index (χ3n) is 6.62. The lowest BCUT2D eigenvalue weighted by atomic mass is 9.69. The van der Waals surface area contributed by atoms with Crippen LogP contribution in [0.1, 0.15) is 38.3 Å². The smallest absolute Gasteiger partial charge is 0.265 e. The third-order valence-corrected chi connectivity index (χ3v) is 7.55. The highest BCUT2D eigenvalue weighted by Gasteiger charge is 2.38. The lowest BCUT2D eigenvalue weighted by molar-refractivity contribution is -0.113. The number of thioether (sulfide) groups is 1. The lowest BCUT2D eigenvalue weighted by Crippen LogP contribution is -2.38. The van der Waals surface area contributed by atoms with Crippen molar-refractivity contribution in [3.05, 3.63) is 76.1 Å². The fourth-order valence-electron chi connectivity index (χ4n) is 4.66. The molecule has 174 valence electrons. The number of amides is 1. The Morgan fingerprint density at radius 3 is 2.59 bits per heavy atom. The number of rotatable bonds is 6. The largest absolute Gasteiger partial charge is 0.325 e. The highest BCUT2D eigenvalue weighted by Crippen LogP contribution is 2.42. The first-order chi connectivity index (χ1) is 16.4. The molecule has 2 heterocycles. The van der Waals surface area contributed by atoms with Gasteiger partial charge in [0.25, 0.3) is 5.56 Å². The van der Waals surface area contributed by atoms with Crippen LogP contribution in [0.15, 0.2) is 64.5 Å². The van der Waals surface area contributed by atoms with Crippen LogP contribution in [0.5, 0.6) is 0 Å². The number of fused-ring (bicyclic) bond motifs is 4. The molecule has 2 aromatic carbocycles. The standard InChI is InChI=1S/C26H27N5O2S/c1-4-26(3)15-17-11-9-10-14-19(17)22-21(26)23(33)31-24(28-22)30(5-2)29-25(31)34-16-20(32)27-18-12-7-6-8-13-18/h6-14H,4-5,15-16H2,1-3H3,(H,27,32). The van der Waals surface area contributed by atoms with Gasteiger partial charge in [0.05, 0.1) is 17.0 Å². The van der Waals surface area contributed by atoms with Crippen LogP contribution in [0.2, 0.25) is 0 Å². The molecule has 5 rings (SSSR count). The van der Waals surface area contributed by atoms with Crippen LogP contribution in [0, 0.1) is 0 Å². The Kier molecular flexibility index (Phi) is 5.77. The summed E-state index contributed by atoms with van der Waals surface area (Å²) in [5, 5.41) is 8.01. The number of benzene rings is 2. The van der Waals surface area contributed by atoms with Gasteiger partial charge in [-0.2, -0.15) is 0 Å². The second-order valence-corrected chi connectivity index (χ2v) is 9.77.